The van der Waals surface area contributed by atoms with Gasteiger partial charge in [-0.1, -0.05) is 54.5 Å². The van der Waals surface area contributed by atoms with E-state index in [4.69, 9.17) is 0 Å². The van der Waals surface area contributed by atoms with E-state index in [0.29, 0.717) is 0 Å². The molecule has 3 rings (SSSR count). The summed E-state index contributed by atoms with van der Waals surface area (Å²) in [5.74, 6) is 4.41. The van der Waals surface area contributed by atoms with Gasteiger partial charge in [0, 0.05) is 4.83 Å². The minimum Gasteiger partial charge on any atom is -0.0891 e. The van der Waals surface area contributed by atoms with Gasteiger partial charge in [-0.05, 0) is 55.8 Å². The van der Waals surface area contributed by atoms with Crippen molar-refractivity contribution in [1.82, 2.24) is 0 Å². The maximum Gasteiger partial charge on any atom is 0.0148 e. The Balaban J connectivity index is 1.57. The van der Waals surface area contributed by atoms with Gasteiger partial charge in [-0.2, -0.15) is 0 Å². The lowest BCUT2D eigenvalue weighted by Crippen LogP contribution is -2.33. The lowest BCUT2D eigenvalue weighted by molar-refractivity contribution is 0.0870. The van der Waals surface area contributed by atoms with Crippen molar-refractivity contribution < 1.29 is 0 Å². The van der Waals surface area contributed by atoms with Gasteiger partial charge >= 0.3 is 0 Å². The minimum absolute atomic E-state index is 0.838. The van der Waals surface area contributed by atoms with E-state index in [9.17, 15) is 0 Å². The largest absolute Gasteiger partial charge is 0.0891 e. The Morgan fingerprint density at radius 1 is 0.529 bits per heavy atom. The third-order valence-electron chi connectivity index (χ3n) is 5.90. The molecule has 98 valence electrons. The average Bonchev–Trinajstić information content (AvgIpc) is 2.38. The quantitative estimate of drug-likeness (QED) is 0.557. The lowest BCUT2D eigenvalue weighted by atomic mass is 9.63. The van der Waals surface area contributed by atoms with Crippen LogP contribution in [0, 0.1) is 23.7 Å². The molecule has 0 amide bonds. The van der Waals surface area contributed by atoms with Crippen LogP contribution in [0.3, 0.4) is 0 Å². The fourth-order valence-electron chi connectivity index (χ4n) is 4.93. The molecule has 0 spiro atoms. The SMILES string of the molecule is BrC1CCCC(C2CCC3CCCCC3C2)C1. The first-order chi connectivity index (χ1) is 8.33. The Hall–Kier alpha value is 0.480. The van der Waals surface area contributed by atoms with Crippen LogP contribution in [-0.2, 0) is 0 Å². The van der Waals surface area contributed by atoms with Crippen LogP contribution in [0.5, 0.6) is 0 Å². The molecule has 0 bridgehead atoms. The fourth-order valence-corrected chi connectivity index (χ4v) is 5.74. The normalized spacial score (nSPS) is 47.5. The van der Waals surface area contributed by atoms with Crippen LogP contribution in [-0.4, -0.2) is 4.83 Å². The molecule has 3 saturated carbocycles. The molecule has 0 aromatic heterocycles. The highest BCUT2D eigenvalue weighted by Crippen LogP contribution is 2.47. The maximum atomic E-state index is 3.86. The van der Waals surface area contributed by atoms with E-state index in [1.54, 1.807) is 32.1 Å². The van der Waals surface area contributed by atoms with Gasteiger partial charge in [-0.15, -0.1) is 0 Å². The van der Waals surface area contributed by atoms with Crippen LogP contribution < -0.4 is 0 Å². The summed E-state index contributed by atoms with van der Waals surface area (Å²) in [6, 6.07) is 0. The molecular weight excluding hydrogens is 272 g/mol. The second kappa shape index (κ2) is 5.63. The summed E-state index contributed by atoms with van der Waals surface area (Å²) in [6.07, 6.45) is 16.8. The van der Waals surface area contributed by atoms with Crippen molar-refractivity contribution >= 4 is 15.9 Å². The zero-order chi connectivity index (χ0) is 11.7. The van der Waals surface area contributed by atoms with Crippen molar-refractivity contribution in [3.63, 3.8) is 0 Å². The number of halogens is 1. The van der Waals surface area contributed by atoms with Crippen LogP contribution in [0.15, 0.2) is 0 Å². The van der Waals surface area contributed by atoms with Gasteiger partial charge < -0.3 is 0 Å². The number of fused-ring (bicyclic) bond motifs is 1. The van der Waals surface area contributed by atoms with Crippen molar-refractivity contribution in [2.75, 3.05) is 0 Å². The molecule has 0 radical (unpaired) electrons. The van der Waals surface area contributed by atoms with Gasteiger partial charge in [0.25, 0.3) is 0 Å². The van der Waals surface area contributed by atoms with E-state index in [-0.39, 0.29) is 0 Å². The molecule has 3 fully saturated rings. The summed E-state index contributed by atoms with van der Waals surface area (Å²) in [5, 5.41) is 0. The highest BCUT2D eigenvalue weighted by atomic mass is 79.9. The fraction of sp³-hybridized carbons (Fsp3) is 1.00. The molecule has 0 aliphatic heterocycles. The molecule has 0 N–H and O–H groups in total. The molecule has 0 saturated heterocycles. The predicted molar refractivity (Wildman–Crippen MR) is 77.5 cm³/mol. The molecule has 5 atom stereocenters. The Labute approximate surface area is 115 Å². The Morgan fingerprint density at radius 2 is 1.12 bits per heavy atom. The molecule has 0 nitrogen and oxygen atoms in total. The van der Waals surface area contributed by atoms with Crippen molar-refractivity contribution in [3.8, 4) is 0 Å². The third-order valence-corrected chi connectivity index (χ3v) is 6.73. The van der Waals surface area contributed by atoms with Gasteiger partial charge in [0.2, 0.25) is 0 Å². The molecular formula is C16H27Br. The molecule has 17 heavy (non-hydrogen) atoms. The Kier molecular flexibility index (Phi) is 4.14. The number of alkyl halides is 1. The molecule has 3 aliphatic rings. The first kappa shape index (κ1) is 12.5. The second-order valence-corrected chi connectivity index (χ2v) is 8.20. The van der Waals surface area contributed by atoms with E-state index in [1.807, 2.05) is 0 Å². The van der Waals surface area contributed by atoms with E-state index in [0.717, 1.165) is 28.5 Å². The minimum atomic E-state index is 0.838. The lowest BCUT2D eigenvalue weighted by Gasteiger charge is -2.43. The summed E-state index contributed by atoms with van der Waals surface area (Å²) >= 11 is 3.86. The predicted octanol–water partition coefficient (Wildman–Crippen LogP) is 5.55. The summed E-state index contributed by atoms with van der Waals surface area (Å²) in [7, 11) is 0. The molecule has 0 aromatic carbocycles. The number of rotatable bonds is 1. The van der Waals surface area contributed by atoms with Gasteiger partial charge in [0.1, 0.15) is 0 Å². The average molecular weight is 299 g/mol. The van der Waals surface area contributed by atoms with Crippen LogP contribution >= 0.6 is 15.9 Å². The highest BCUT2D eigenvalue weighted by Gasteiger charge is 2.36. The molecule has 1 heteroatoms. The maximum absolute atomic E-state index is 3.86. The zero-order valence-corrected chi connectivity index (χ0v) is 12.6. The first-order valence-corrected chi connectivity index (χ1v) is 8.88. The third kappa shape index (κ3) is 2.91. The topological polar surface area (TPSA) is 0 Å². The van der Waals surface area contributed by atoms with E-state index in [2.05, 4.69) is 15.9 Å². The van der Waals surface area contributed by atoms with Crippen LogP contribution in [0.1, 0.15) is 70.6 Å². The van der Waals surface area contributed by atoms with Gasteiger partial charge in [-0.3, -0.25) is 0 Å². The number of hydrogen-bond acceptors (Lipinski definition) is 0. The van der Waals surface area contributed by atoms with E-state index < -0.39 is 0 Å². The van der Waals surface area contributed by atoms with Gasteiger partial charge in [-0.25, -0.2) is 0 Å². The van der Waals surface area contributed by atoms with Crippen LogP contribution in [0.25, 0.3) is 0 Å². The van der Waals surface area contributed by atoms with E-state index >= 15 is 0 Å². The summed E-state index contributed by atoms with van der Waals surface area (Å²) < 4.78 is 0. The Bertz CT molecular complexity index is 250. The van der Waals surface area contributed by atoms with Crippen molar-refractivity contribution in [1.29, 1.82) is 0 Å². The molecule has 0 heterocycles. The van der Waals surface area contributed by atoms with E-state index in [1.165, 1.54) is 38.5 Å². The Morgan fingerprint density at radius 3 is 1.94 bits per heavy atom. The van der Waals surface area contributed by atoms with Gasteiger partial charge in [0.15, 0.2) is 0 Å². The van der Waals surface area contributed by atoms with Crippen LogP contribution in [0.4, 0.5) is 0 Å². The molecule has 3 aliphatic carbocycles. The van der Waals surface area contributed by atoms with Crippen LogP contribution in [0.2, 0.25) is 0 Å². The smallest absolute Gasteiger partial charge is 0.0148 e. The monoisotopic (exact) mass is 298 g/mol. The molecule has 5 unspecified atom stereocenters. The zero-order valence-electron chi connectivity index (χ0n) is 11.0. The van der Waals surface area contributed by atoms with Crippen molar-refractivity contribution in [3.05, 3.63) is 0 Å². The molecule has 0 aromatic rings. The second-order valence-electron chi connectivity index (χ2n) is 6.90. The summed E-state index contributed by atoms with van der Waals surface area (Å²) in [4.78, 5) is 0.838. The van der Waals surface area contributed by atoms with Crippen molar-refractivity contribution in [2.45, 2.75) is 75.5 Å². The summed E-state index contributed by atoms with van der Waals surface area (Å²) in [5.41, 5.74) is 0. The standard InChI is InChI=1S/C16H27Br/c17-16-7-3-6-14(11-16)15-9-8-12-4-1-2-5-13(12)10-15/h12-16H,1-11H2. The van der Waals surface area contributed by atoms with Gasteiger partial charge in [0.05, 0.1) is 0 Å². The summed E-state index contributed by atoms with van der Waals surface area (Å²) in [6.45, 7) is 0. The highest BCUT2D eigenvalue weighted by molar-refractivity contribution is 9.09. The van der Waals surface area contributed by atoms with Crippen molar-refractivity contribution in [2.24, 2.45) is 23.7 Å². The first-order valence-electron chi connectivity index (χ1n) is 7.97. The number of hydrogen-bond donors (Lipinski definition) is 0.